The van der Waals surface area contributed by atoms with Gasteiger partial charge in [-0.15, -0.1) is 0 Å². The van der Waals surface area contributed by atoms with Crippen LogP contribution in [-0.2, 0) is 11.2 Å². The Kier molecular flexibility index (Phi) is 5.01. The fraction of sp³-hybridized carbons (Fsp3) is 0.562. The number of fused-ring (bicyclic) bond motifs is 1. The zero-order chi connectivity index (χ0) is 14.5. The van der Waals surface area contributed by atoms with Gasteiger partial charge in [-0.3, -0.25) is 0 Å². The lowest BCUT2D eigenvalue weighted by molar-refractivity contribution is 0.150. The molecule has 4 heteroatoms. The third kappa shape index (κ3) is 2.96. The summed E-state index contributed by atoms with van der Waals surface area (Å²) >= 11 is 0. The van der Waals surface area contributed by atoms with Crippen LogP contribution in [0.1, 0.15) is 45.0 Å². The lowest BCUT2D eigenvalue weighted by atomic mass is 10.1. The van der Waals surface area contributed by atoms with Gasteiger partial charge in [0.1, 0.15) is 5.82 Å². The molecule has 2 aromatic rings. The van der Waals surface area contributed by atoms with Gasteiger partial charge in [-0.1, -0.05) is 20.3 Å². The quantitative estimate of drug-likeness (QED) is 0.786. The molecule has 110 valence electrons. The number of anilines is 1. The molecule has 0 saturated heterocycles. The Bertz CT molecular complexity index is 556. The fourth-order valence-corrected chi connectivity index (χ4v) is 2.79. The van der Waals surface area contributed by atoms with Crippen molar-refractivity contribution in [2.75, 3.05) is 19.5 Å². The average Bonchev–Trinajstić information content (AvgIpc) is 2.76. The fourth-order valence-electron chi connectivity index (χ4n) is 2.79. The van der Waals surface area contributed by atoms with E-state index in [0.717, 1.165) is 54.8 Å². The van der Waals surface area contributed by atoms with E-state index in [2.05, 4.69) is 24.5 Å². The number of nitrogens with zero attached hydrogens (tertiary/aromatic N) is 2. The van der Waals surface area contributed by atoms with Gasteiger partial charge in [0.15, 0.2) is 0 Å². The Morgan fingerprint density at radius 2 is 2.10 bits per heavy atom. The predicted molar refractivity (Wildman–Crippen MR) is 84.0 cm³/mol. The largest absolute Gasteiger partial charge is 0.399 e. The summed E-state index contributed by atoms with van der Waals surface area (Å²) < 4.78 is 7.77. The van der Waals surface area contributed by atoms with Crippen molar-refractivity contribution >= 4 is 16.7 Å². The number of methoxy groups -OCH3 is 1. The Hall–Kier alpha value is -1.55. The van der Waals surface area contributed by atoms with E-state index in [9.17, 15) is 0 Å². The average molecular weight is 275 g/mol. The van der Waals surface area contributed by atoms with Crippen LogP contribution in [0.25, 0.3) is 11.0 Å². The van der Waals surface area contributed by atoms with Gasteiger partial charge >= 0.3 is 0 Å². The maximum atomic E-state index is 5.88. The molecule has 0 spiro atoms. The summed E-state index contributed by atoms with van der Waals surface area (Å²) in [6.45, 7) is 5.11. The van der Waals surface area contributed by atoms with Gasteiger partial charge in [-0.25, -0.2) is 4.98 Å². The van der Waals surface area contributed by atoms with Crippen molar-refractivity contribution in [3.63, 3.8) is 0 Å². The molecule has 0 fully saturated rings. The number of nitrogens with two attached hydrogens (primary N) is 1. The van der Waals surface area contributed by atoms with E-state index in [1.165, 1.54) is 0 Å². The van der Waals surface area contributed by atoms with Gasteiger partial charge in [-0.05, 0) is 31.0 Å². The molecule has 1 unspecified atom stereocenters. The summed E-state index contributed by atoms with van der Waals surface area (Å²) in [6, 6.07) is 6.34. The summed E-state index contributed by atoms with van der Waals surface area (Å²) in [5, 5.41) is 0. The van der Waals surface area contributed by atoms with Crippen molar-refractivity contribution in [3.8, 4) is 0 Å². The summed E-state index contributed by atoms with van der Waals surface area (Å²) in [5.74, 6) is 1.14. The standard InChI is InChI=1S/C16H25N3O/c1-4-6-13(11-20-3)19-15-9-8-12(17)10-14(15)18-16(19)7-5-2/h8-10,13H,4-7,11,17H2,1-3H3. The second-order valence-electron chi connectivity index (χ2n) is 5.29. The first-order valence-electron chi connectivity index (χ1n) is 7.46. The van der Waals surface area contributed by atoms with Crippen LogP contribution in [0.3, 0.4) is 0 Å². The molecule has 0 aliphatic carbocycles. The van der Waals surface area contributed by atoms with Crippen LogP contribution in [0.2, 0.25) is 0 Å². The molecule has 0 radical (unpaired) electrons. The maximum Gasteiger partial charge on any atom is 0.110 e. The number of nitrogen functional groups attached to an aromatic ring is 1. The van der Waals surface area contributed by atoms with Crippen molar-refractivity contribution in [2.24, 2.45) is 0 Å². The molecule has 0 aliphatic heterocycles. The number of hydrogen-bond donors (Lipinski definition) is 1. The summed E-state index contributed by atoms with van der Waals surface area (Å²) in [6.07, 6.45) is 4.30. The molecule has 2 rings (SSSR count). The lowest BCUT2D eigenvalue weighted by Crippen LogP contribution is -2.17. The molecule has 1 heterocycles. The van der Waals surface area contributed by atoms with Gasteiger partial charge in [0.25, 0.3) is 0 Å². The van der Waals surface area contributed by atoms with Crippen molar-refractivity contribution in [1.29, 1.82) is 0 Å². The van der Waals surface area contributed by atoms with Crippen LogP contribution >= 0.6 is 0 Å². The van der Waals surface area contributed by atoms with Crippen LogP contribution in [0.15, 0.2) is 18.2 Å². The Morgan fingerprint density at radius 3 is 2.75 bits per heavy atom. The highest BCUT2D eigenvalue weighted by Gasteiger charge is 2.18. The van der Waals surface area contributed by atoms with Gasteiger partial charge in [0, 0.05) is 19.2 Å². The van der Waals surface area contributed by atoms with E-state index in [1.807, 2.05) is 12.1 Å². The van der Waals surface area contributed by atoms with Gasteiger partial charge in [-0.2, -0.15) is 0 Å². The van der Waals surface area contributed by atoms with Gasteiger partial charge in [0.05, 0.1) is 23.7 Å². The molecule has 0 saturated carbocycles. The lowest BCUT2D eigenvalue weighted by Gasteiger charge is -2.20. The van der Waals surface area contributed by atoms with Crippen molar-refractivity contribution in [2.45, 2.75) is 45.6 Å². The van der Waals surface area contributed by atoms with Crippen LogP contribution in [0, 0.1) is 0 Å². The van der Waals surface area contributed by atoms with E-state index < -0.39 is 0 Å². The molecule has 0 aliphatic rings. The minimum atomic E-state index is 0.347. The van der Waals surface area contributed by atoms with E-state index >= 15 is 0 Å². The monoisotopic (exact) mass is 275 g/mol. The Balaban J connectivity index is 2.53. The molecule has 20 heavy (non-hydrogen) atoms. The summed E-state index contributed by atoms with van der Waals surface area (Å²) in [4.78, 5) is 4.78. The normalized spacial score (nSPS) is 12.9. The zero-order valence-corrected chi connectivity index (χ0v) is 12.7. The number of rotatable bonds is 7. The molecule has 0 amide bonds. The third-order valence-corrected chi connectivity index (χ3v) is 3.61. The molecular formula is C16H25N3O. The molecule has 4 nitrogen and oxygen atoms in total. The number of aromatic nitrogens is 2. The number of imidazole rings is 1. The van der Waals surface area contributed by atoms with E-state index in [-0.39, 0.29) is 0 Å². The minimum absolute atomic E-state index is 0.347. The SMILES string of the molecule is CCCc1nc2cc(N)ccc2n1C(CCC)COC. The molecule has 2 N–H and O–H groups in total. The van der Waals surface area contributed by atoms with Crippen molar-refractivity contribution in [3.05, 3.63) is 24.0 Å². The number of ether oxygens (including phenoxy) is 1. The van der Waals surface area contributed by atoms with E-state index in [1.54, 1.807) is 7.11 Å². The molecule has 1 aromatic heterocycles. The molecule has 1 aromatic carbocycles. The van der Waals surface area contributed by atoms with Crippen molar-refractivity contribution < 1.29 is 4.74 Å². The first-order valence-corrected chi connectivity index (χ1v) is 7.46. The number of aryl methyl sites for hydroxylation is 1. The van der Waals surface area contributed by atoms with Crippen LogP contribution in [-0.4, -0.2) is 23.3 Å². The topological polar surface area (TPSA) is 53.1 Å². The molecule has 1 atom stereocenters. The molecular weight excluding hydrogens is 250 g/mol. The minimum Gasteiger partial charge on any atom is -0.399 e. The maximum absolute atomic E-state index is 5.88. The van der Waals surface area contributed by atoms with Gasteiger partial charge < -0.3 is 15.0 Å². The smallest absolute Gasteiger partial charge is 0.110 e. The summed E-state index contributed by atoms with van der Waals surface area (Å²) in [7, 11) is 1.76. The number of hydrogen-bond acceptors (Lipinski definition) is 3. The Morgan fingerprint density at radius 1 is 1.30 bits per heavy atom. The third-order valence-electron chi connectivity index (χ3n) is 3.61. The highest BCUT2D eigenvalue weighted by Crippen LogP contribution is 2.26. The molecule has 0 bridgehead atoms. The number of benzene rings is 1. The highest BCUT2D eigenvalue weighted by atomic mass is 16.5. The summed E-state index contributed by atoms with van der Waals surface area (Å²) in [5.41, 5.74) is 8.80. The van der Waals surface area contributed by atoms with Crippen molar-refractivity contribution in [1.82, 2.24) is 9.55 Å². The van der Waals surface area contributed by atoms with Crippen LogP contribution in [0.5, 0.6) is 0 Å². The zero-order valence-electron chi connectivity index (χ0n) is 12.7. The van der Waals surface area contributed by atoms with E-state index in [4.69, 9.17) is 15.5 Å². The first kappa shape index (κ1) is 14.9. The highest BCUT2D eigenvalue weighted by molar-refractivity contribution is 5.79. The second-order valence-corrected chi connectivity index (χ2v) is 5.29. The van der Waals surface area contributed by atoms with E-state index in [0.29, 0.717) is 6.04 Å². The first-order chi connectivity index (χ1) is 9.71. The Labute approximate surface area is 120 Å². The predicted octanol–water partition coefficient (Wildman–Crippen LogP) is 3.56. The van der Waals surface area contributed by atoms with Gasteiger partial charge in [0.2, 0.25) is 0 Å². The van der Waals surface area contributed by atoms with Crippen LogP contribution in [0.4, 0.5) is 5.69 Å². The van der Waals surface area contributed by atoms with Crippen LogP contribution < -0.4 is 5.73 Å². The second kappa shape index (κ2) is 6.75.